The number of benzene rings is 2. The molecule has 0 heterocycles. The summed E-state index contributed by atoms with van der Waals surface area (Å²) >= 11 is 0. The van der Waals surface area contributed by atoms with Crippen LogP contribution in [-0.2, 0) is 11.3 Å². The van der Waals surface area contributed by atoms with E-state index in [4.69, 9.17) is 0 Å². The molecule has 3 rings (SSSR count). The molecule has 0 aliphatic heterocycles. The average Bonchev–Trinajstić information content (AvgIpc) is 2.99. The van der Waals surface area contributed by atoms with E-state index in [0.717, 1.165) is 16.7 Å². The van der Waals surface area contributed by atoms with Crippen LogP contribution in [0.4, 0.5) is 0 Å². The van der Waals surface area contributed by atoms with Crippen molar-refractivity contribution in [1.82, 2.24) is 4.90 Å². The quantitative estimate of drug-likeness (QED) is 0.861. The molecule has 1 aliphatic carbocycles. The summed E-state index contributed by atoms with van der Waals surface area (Å²) in [7, 11) is 0. The van der Waals surface area contributed by atoms with Gasteiger partial charge in [0.05, 0.1) is 12.6 Å². The van der Waals surface area contributed by atoms with E-state index in [0.29, 0.717) is 6.54 Å². The molecular formula is C19H19NO3. The maximum Gasteiger partial charge on any atom is 0.323 e. The van der Waals surface area contributed by atoms with Crippen molar-refractivity contribution in [3.05, 3.63) is 77.4 Å². The minimum Gasteiger partial charge on any atom is -0.480 e. The standard InChI is InChI=1S/C19H19NO3/c21-13-18(19(22)23)20(12-14-6-2-1-3-7-14)17-11-10-15-8-4-5-9-16(15)17/h1-11,17-18,21H,12-13H2,(H,22,23)/t17?,18-/m0/s1. The summed E-state index contributed by atoms with van der Waals surface area (Å²) in [5, 5.41) is 19.1. The second-order valence-corrected chi connectivity index (χ2v) is 5.63. The topological polar surface area (TPSA) is 60.8 Å². The third-order valence-corrected chi connectivity index (χ3v) is 4.20. The first-order valence-corrected chi connectivity index (χ1v) is 7.61. The number of fused-ring (bicyclic) bond motifs is 1. The van der Waals surface area contributed by atoms with Gasteiger partial charge in [-0.15, -0.1) is 0 Å². The molecule has 1 unspecified atom stereocenters. The Bertz CT molecular complexity index is 712. The molecule has 0 amide bonds. The van der Waals surface area contributed by atoms with E-state index in [1.807, 2.05) is 71.6 Å². The zero-order valence-electron chi connectivity index (χ0n) is 12.7. The first kappa shape index (κ1) is 15.5. The van der Waals surface area contributed by atoms with Crippen LogP contribution in [0.5, 0.6) is 0 Å². The molecular weight excluding hydrogens is 290 g/mol. The van der Waals surface area contributed by atoms with Crippen molar-refractivity contribution in [2.75, 3.05) is 6.61 Å². The fourth-order valence-corrected chi connectivity index (χ4v) is 3.04. The van der Waals surface area contributed by atoms with Crippen molar-refractivity contribution in [3.63, 3.8) is 0 Å². The van der Waals surface area contributed by atoms with Crippen molar-refractivity contribution in [1.29, 1.82) is 0 Å². The molecule has 2 atom stereocenters. The van der Waals surface area contributed by atoms with E-state index in [-0.39, 0.29) is 6.04 Å². The molecule has 0 saturated carbocycles. The lowest BCUT2D eigenvalue weighted by molar-refractivity contribution is -0.146. The molecule has 4 heteroatoms. The van der Waals surface area contributed by atoms with Gasteiger partial charge in [0.2, 0.25) is 0 Å². The molecule has 4 nitrogen and oxygen atoms in total. The molecule has 1 aliphatic rings. The summed E-state index contributed by atoms with van der Waals surface area (Å²) in [6, 6.07) is 16.6. The molecule has 2 N–H and O–H groups in total. The molecule has 0 aromatic heterocycles. The number of aliphatic hydroxyl groups excluding tert-OH is 1. The van der Waals surface area contributed by atoms with Gasteiger partial charge in [-0.1, -0.05) is 66.7 Å². The summed E-state index contributed by atoms with van der Waals surface area (Å²) < 4.78 is 0. The molecule has 0 saturated heterocycles. The largest absolute Gasteiger partial charge is 0.480 e. The van der Waals surface area contributed by atoms with Crippen LogP contribution in [0, 0.1) is 0 Å². The fourth-order valence-electron chi connectivity index (χ4n) is 3.04. The lowest BCUT2D eigenvalue weighted by Gasteiger charge is -2.33. The summed E-state index contributed by atoms with van der Waals surface area (Å²) in [6.45, 7) is 0.0381. The van der Waals surface area contributed by atoms with E-state index >= 15 is 0 Å². The van der Waals surface area contributed by atoms with Crippen LogP contribution < -0.4 is 0 Å². The summed E-state index contributed by atoms with van der Waals surface area (Å²) in [4.78, 5) is 13.4. The smallest absolute Gasteiger partial charge is 0.323 e. The first-order valence-electron chi connectivity index (χ1n) is 7.61. The number of hydrogen-bond donors (Lipinski definition) is 2. The average molecular weight is 309 g/mol. The predicted molar refractivity (Wildman–Crippen MR) is 88.7 cm³/mol. The van der Waals surface area contributed by atoms with Gasteiger partial charge in [-0.3, -0.25) is 9.69 Å². The highest BCUT2D eigenvalue weighted by atomic mass is 16.4. The molecule has 118 valence electrons. The Balaban J connectivity index is 1.96. The molecule has 2 aromatic rings. The lowest BCUT2D eigenvalue weighted by Crippen LogP contribution is -2.44. The van der Waals surface area contributed by atoms with E-state index in [9.17, 15) is 15.0 Å². The van der Waals surface area contributed by atoms with Crippen molar-refractivity contribution in [3.8, 4) is 0 Å². The molecule has 23 heavy (non-hydrogen) atoms. The summed E-state index contributed by atoms with van der Waals surface area (Å²) in [5.74, 6) is -1.01. The van der Waals surface area contributed by atoms with Crippen LogP contribution in [0.2, 0.25) is 0 Å². The van der Waals surface area contributed by atoms with Gasteiger partial charge < -0.3 is 10.2 Å². The maximum absolute atomic E-state index is 11.6. The van der Waals surface area contributed by atoms with Gasteiger partial charge in [-0.2, -0.15) is 0 Å². The van der Waals surface area contributed by atoms with Gasteiger partial charge in [0.25, 0.3) is 0 Å². The Kier molecular flexibility index (Phi) is 4.55. The molecule has 0 radical (unpaired) electrons. The van der Waals surface area contributed by atoms with Gasteiger partial charge in [-0.05, 0) is 16.7 Å². The predicted octanol–water partition coefficient (Wildman–Crippen LogP) is 2.70. The van der Waals surface area contributed by atoms with Crippen LogP contribution >= 0.6 is 0 Å². The highest BCUT2D eigenvalue weighted by molar-refractivity contribution is 5.74. The van der Waals surface area contributed by atoms with E-state index in [2.05, 4.69) is 0 Å². The number of nitrogens with zero attached hydrogens (tertiary/aromatic N) is 1. The number of carboxylic acids is 1. The van der Waals surface area contributed by atoms with Crippen LogP contribution in [0.25, 0.3) is 6.08 Å². The number of carboxylic acid groups (broad SMARTS) is 1. The number of carbonyl (C=O) groups is 1. The Hall–Kier alpha value is -2.43. The van der Waals surface area contributed by atoms with Crippen LogP contribution in [-0.4, -0.2) is 33.7 Å². The number of aliphatic hydroxyl groups is 1. The van der Waals surface area contributed by atoms with Crippen LogP contribution in [0.1, 0.15) is 22.7 Å². The van der Waals surface area contributed by atoms with Crippen molar-refractivity contribution >= 4 is 12.0 Å². The highest BCUT2D eigenvalue weighted by Crippen LogP contribution is 2.35. The fraction of sp³-hybridized carbons (Fsp3) is 0.211. The van der Waals surface area contributed by atoms with Gasteiger partial charge in [0.15, 0.2) is 0 Å². The van der Waals surface area contributed by atoms with Gasteiger partial charge in [-0.25, -0.2) is 0 Å². The zero-order chi connectivity index (χ0) is 16.2. The molecule has 0 spiro atoms. The van der Waals surface area contributed by atoms with Crippen molar-refractivity contribution in [2.24, 2.45) is 0 Å². The van der Waals surface area contributed by atoms with Crippen molar-refractivity contribution in [2.45, 2.75) is 18.6 Å². The number of aliphatic carboxylic acids is 1. The molecule has 0 bridgehead atoms. The molecule has 0 fully saturated rings. The van der Waals surface area contributed by atoms with Crippen LogP contribution in [0.3, 0.4) is 0 Å². The lowest BCUT2D eigenvalue weighted by atomic mass is 10.0. The monoisotopic (exact) mass is 309 g/mol. The minimum absolute atomic E-state index is 0.153. The Morgan fingerprint density at radius 2 is 1.78 bits per heavy atom. The second kappa shape index (κ2) is 6.77. The van der Waals surface area contributed by atoms with Gasteiger partial charge >= 0.3 is 5.97 Å². The normalized spacial score (nSPS) is 17.2. The third-order valence-electron chi connectivity index (χ3n) is 4.20. The minimum atomic E-state index is -1.01. The van der Waals surface area contributed by atoms with Gasteiger partial charge in [0, 0.05) is 6.54 Å². The zero-order valence-corrected chi connectivity index (χ0v) is 12.7. The van der Waals surface area contributed by atoms with Crippen LogP contribution in [0.15, 0.2) is 60.7 Å². The Labute approximate surface area is 135 Å². The maximum atomic E-state index is 11.6. The SMILES string of the molecule is O=C(O)[C@H](CO)N(Cc1ccccc1)C1C=Cc2ccccc21. The third kappa shape index (κ3) is 3.18. The number of rotatable bonds is 6. The first-order chi connectivity index (χ1) is 11.2. The second-order valence-electron chi connectivity index (χ2n) is 5.63. The van der Waals surface area contributed by atoms with Gasteiger partial charge in [0.1, 0.15) is 6.04 Å². The van der Waals surface area contributed by atoms with E-state index in [1.54, 1.807) is 0 Å². The Morgan fingerprint density at radius 3 is 2.48 bits per heavy atom. The summed E-state index contributed by atoms with van der Waals surface area (Å²) in [5.41, 5.74) is 3.19. The molecule has 2 aromatic carbocycles. The summed E-state index contributed by atoms with van der Waals surface area (Å²) in [6.07, 6.45) is 4.01. The Morgan fingerprint density at radius 1 is 1.09 bits per heavy atom. The van der Waals surface area contributed by atoms with Crippen molar-refractivity contribution < 1.29 is 15.0 Å². The highest BCUT2D eigenvalue weighted by Gasteiger charge is 2.33. The van der Waals surface area contributed by atoms with E-state index in [1.165, 1.54) is 0 Å². The number of hydrogen-bond acceptors (Lipinski definition) is 3. The van der Waals surface area contributed by atoms with E-state index < -0.39 is 18.6 Å².